The van der Waals surface area contributed by atoms with Crippen molar-refractivity contribution in [2.75, 3.05) is 0 Å². The topological polar surface area (TPSA) is 35.6 Å². The number of hydrogen-bond donors (Lipinski definition) is 0. The number of rotatable bonds is 5. The highest BCUT2D eigenvalue weighted by Crippen LogP contribution is 2.37. The molecule has 0 spiro atoms. The van der Waals surface area contributed by atoms with Crippen molar-refractivity contribution in [2.45, 2.75) is 0 Å². The molecular weight excluding hydrogens is 657 g/mol. The predicted octanol–water partition coefficient (Wildman–Crippen LogP) is 12.8. The molecule has 0 saturated heterocycles. The molecule has 0 amide bonds. The molecule has 0 radical (unpaired) electrons. The predicted molar refractivity (Wildman–Crippen MR) is 225 cm³/mol. The van der Waals surface area contributed by atoms with Gasteiger partial charge < -0.3 is 9.13 Å². The molecule has 252 valence electrons. The summed E-state index contributed by atoms with van der Waals surface area (Å²) in [4.78, 5) is 10.5. The number of para-hydroxylation sites is 4. The molecule has 0 aliphatic heterocycles. The van der Waals surface area contributed by atoms with Gasteiger partial charge >= 0.3 is 0 Å². The Morgan fingerprint density at radius 1 is 0.296 bits per heavy atom. The van der Waals surface area contributed by atoms with E-state index in [1.165, 1.54) is 43.6 Å². The Morgan fingerprint density at radius 2 is 0.741 bits per heavy atom. The summed E-state index contributed by atoms with van der Waals surface area (Å²) in [5.41, 5.74) is 13.1. The van der Waals surface area contributed by atoms with Gasteiger partial charge in [-0.25, -0.2) is 9.97 Å². The Bertz CT molecular complexity index is 3120. The van der Waals surface area contributed by atoms with Crippen molar-refractivity contribution in [3.8, 4) is 45.1 Å². The van der Waals surface area contributed by atoms with Gasteiger partial charge in [-0.3, -0.25) is 0 Å². The van der Waals surface area contributed by atoms with Gasteiger partial charge in [0.05, 0.1) is 33.3 Å². The van der Waals surface area contributed by atoms with Gasteiger partial charge in [0, 0.05) is 49.4 Å². The fourth-order valence-electron chi connectivity index (χ4n) is 8.26. The van der Waals surface area contributed by atoms with Crippen molar-refractivity contribution in [1.82, 2.24) is 19.1 Å². The molecule has 0 aliphatic carbocycles. The molecule has 11 aromatic rings. The Balaban J connectivity index is 1.06. The van der Waals surface area contributed by atoms with E-state index in [1.807, 2.05) is 0 Å². The standard InChI is InChI=1S/C50H32N4/c1-2-14-33(15-3-1)49-43-32-35(34-16-12-18-37(30-34)53-45-24-8-4-20-39(45)40-21-5-9-25-46(40)53)28-29-44(43)51-50(52-49)36-17-13-19-38(31-36)54-47-26-10-6-22-41(47)42-23-7-11-27-48(42)54/h1-32H. The first-order valence-electron chi connectivity index (χ1n) is 18.3. The normalized spacial score (nSPS) is 11.7. The molecule has 0 unspecified atom stereocenters. The van der Waals surface area contributed by atoms with Crippen molar-refractivity contribution >= 4 is 54.5 Å². The lowest BCUT2D eigenvalue weighted by Crippen LogP contribution is -1.98. The van der Waals surface area contributed by atoms with Crippen molar-refractivity contribution < 1.29 is 0 Å². The highest BCUT2D eigenvalue weighted by molar-refractivity contribution is 6.10. The molecule has 0 bridgehead atoms. The van der Waals surface area contributed by atoms with Gasteiger partial charge in [-0.05, 0) is 71.8 Å². The summed E-state index contributed by atoms with van der Waals surface area (Å²) in [5.74, 6) is 0.699. The molecule has 3 heterocycles. The molecule has 0 N–H and O–H groups in total. The van der Waals surface area contributed by atoms with E-state index in [9.17, 15) is 0 Å². The van der Waals surface area contributed by atoms with Crippen molar-refractivity contribution in [1.29, 1.82) is 0 Å². The van der Waals surface area contributed by atoms with Crippen LogP contribution in [0.1, 0.15) is 0 Å². The highest BCUT2D eigenvalue weighted by Gasteiger charge is 2.17. The minimum absolute atomic E-state index is 0.699. The van der Waals surface area contributed by atoms with E-state index >= 15 is 0 Å². The van der Waals surface area contributed by atoms with Gasteiger partial charge in [-0.2, -0.15) is 0 Å². The Hall–Kier alpha value is -7.30. The number of hydrogen-bond acceptors (Lipinski definition) is 2. The molecule has 8 aromatic carbocycles. The molecule has 0 aliphatic rings. The zero-order valence-corrected chi connectivity index (χ0v) is 29.3. The average Bonchev–Trinajstić information content (AvgIpc) is 3.77. The minimum atomic E-state index is 0.699. The maximum absolute atomic E-state index is 5.33. The van der Waals surface area contributed by atoms with Gasteiger partial charge in [0.2, 0.25) is 0 Å². The van der Waals surface area contributed by atoms with Crippen molar-refractivity contribution in [2.24, 2.45) is 0 Å². The third-order valence-electron chi connectivity index (χ3n) is 10.7. The molecule has 0 fully saturated rings. The van der Waals surface area contributed by atoms with Crippen LogP contribution < -0.4 is 0 Å². The third-order valence-corrected chi connectivity index (χ3v) is 10.7. The fourth-order valence-corrected chi connectivity index (χ4v) is 8.26. The van der Waals surface area contributed by atoms with E-state index < -0.39 is 0 Å². The number of nitrogens with zero attached hydrogens (tertiary/aromatic N) is 4. The minimum Gasteiger partial charge on any atom is -0.309 e. The second-order valence-corrected chi connectivity index (χ2v) is 13.8. The molecule has 11 rings (SSSR count). The van der Waals surface area contributed by atoms with Gasteiger partial charge in [0.15, 0.2) is 5.82 Å². The average molecular weight is 689 g/mol. The number of fused-ring (bicyclic) bond motifs is 7. The van der Waals surface area contributed by atoms with Crippen LogP contribution in [0.2, 0.25) is 0 Å². The van der Waals surface area contributed by atoms with Crippen LogP contribution in [-0.4, -0.2) is 19.1 Å². The largest absolute Gasteiger partial charge is 0.309 e. The monoisotopic (exact) mass is 688 g/mol. The molecule has 3 aromatic heterocycles. The van der Waals surface area contributed by atoms with Crippen LogP contribution in [0.5, 0.6) is 0 Å². The third kappa shape index (κ3) is 4.78. The summed E-state index contributed by atoms with van der Waals surface area (Å²) in [6.07, 6.45) is 0. The molecular formula is C50H32N4. The second kappa shape index (κ2) is 12.1. The Labute approximate surface area is 311 Å². The quantitative estimate of drug-likeness (QED) is 0.180. The van der Waals surface area contributed by atoms with E-state index in [4.69, 9.17) is 9.97 Å². The smallest absolute Gasteiger partial charge is 0.160 e. The first-order valence-corrected chi connectivity index (χ1v) is 18.3. The zero-order valence-electron chi connectivity index (χ0n) is 29.3. The Morgan fingerprint density at radius 3 is 1.30 bits per heavy atom. The molecule has 4 nitrogen and oxygen atoms in total. The lowest BCUT2D eigenvalue weighted by atomic mass is 9.99. The summed E-state index contributed by atoms with van der Waals surface area (Å²) in [5, 5.41) is 6.00. The lowest BCUT2D eigenvalue weighted by Gasteiger charge is -2.14. The number of benzene rings is 8. The van der Waals surface area contributed by atoms with Crippen LogP contribution in [0.15, 0.2) is 194 Å². The zero-order chi connectivity index (χ0) is 35.6. The summed E-state index contributed by atoms with van der Waals surface area (Å²) in [6, 6.07) is 69.0. The first kappa shape index (κ1) is 30.3. The summed E-state index contributed by atoms with van der Waals surface area (Å²) >= 11 is 0. The van der Waals surface area contributed by atoms with E-state index in [1.54, 1.807) is 0 Å². The second-order valence-electron chi connectivity index (χ2n) is 13.8. The Kier molecular flexibility index (Phi) is 6.82. The van der Waals surface area contributed by atoms with E-state index in [-0.39, 0.29) is 0 Å². The van der Waals surface area contributed by atoms with Crippen LogP contribution >= 0.6 is 0 Å². The molecule has 0 saturated carbocycles. The van der Waals surface area contributed by atoms with Crippen LogP contribution in [0.4, 0.5) is 0 Å². The van der Waals surface area contributed by atoms with Crippen LogP contribution in [0, 0.1) is 0 Å². The molecule has 54 heavy (non-hydrogen) atoms. The summed E-state index contributed by atoms with van der Waals surface area (Å²) in [7, 11) is 0. The van der Waals surface area contributed by atoms with Crippen molar-refractivity contribution in [3.05, 3.63) is 194 Å². The SMILES string of the molecule is c1ccc(-c2nc(-c3cccc(-n4c5ccccc5c5ccccc54)c3)nc3ccc(-c4cccc(-n5c6ccccc6c6ccccc65)c4)cc23)cc1. The molecule has 0 atom stereocenters. The van der Waals surface area contributed by atoms with E-state index in [0.717, 1.165) is 50.2 Å². The fraction of sp³-hybridized carbons (Fsp3) is 0. The first-order chi connectivity index (χ1) is 26.8. The highest BCUT2D eigenvalue weighted by atomic mass is 15.0. The maximum atomic E-state index is 5.33. The van der Waals surface area contributed by atoms with E-state index in [2.05, 4.69) is 203 Å². The maximum Gasteiger partial charge on any atom is 0.160 e. The number of aromatic nitrogens is 4. The van der Waals surface area contributed by atoms with Gasteiger partial charge in [-0.1, -0.05) is 133 Å². The van der Waals surface area contributed by atoms with Gasteiger partial charge in [-0.15, -0.1) is 0 Å². The van der Waals surface area contributed by atoms with Crippen molar-refractivity contribution in [3.63, 3.8) is 0 Å². The van der Waals surface area contributed by atoms with Gasteiger partial charge in [0.1, 0.15) is 0 Å². The van der Waals surface area contributed by atoms with Crippen LogP contribution in [0.25, 0.3) is 99.7 Å². The summed E-state index contributed by atoms with van der Waals surface area (Å²) in [6.45, 7) is 0. The van der Waals surface area contributed by atoms with Crippen LogP contribution in [-0.2, 0) is 0 Å². The summed E-state index contributed by atoms with van der Waals surface area (Å²) < 4.78 is 4.71. The lowest BCUT2D eigenvalue weighted by molar-refractivity contribution is 1.17. The van der Waals surface area contributed by atoms with E-state index in [0.29, 0.717) is 5.82 Å². The molecule has 4 heteroatoms. The van der Waals surface area contributed by atoms with Gasteiger partial charge in [0.25, 0.3) is 0 Å². The van der Waals surface area contributed by atoms with Crippen LogP contribution in [0.3, 0.4) is 0 Å².